The molecule has 122 valence electrons. The average molecular weight is 322 g/mol. The van der Waals surface area contributed by atoms with E-state index in [0.29, 0.717) is 5.92 Å². The lowest BCUT2D eigenvalue weighted by atomic mass is 9.89. The van der Waals surface area contributed by atoms with Crippen molar-refractivity contribution in [3.8, 4) is 12.3 Å². The van der Waals surface area contributed by atoms with Crippen LogP contribution in [-0.4, -0.2) is 15.0 Å². The fourth-order valence-electron chi connectivity index (χ4n) is 2.35. The number of terminal acetylenes is 1. The first-order chi connectivity index (χ1) is 10.1. The van der Waals surface area contributed by atoms with Crippen LogP contribution >= 0.6 is 0 Å². The van der Waals surface area contributed by atoms with Gasteiger partial charge in [0.15, 0.2) is 0 Å². The smallest absolute Gasteiger partial charge is 0.253 e. The molecule has 0 spiro atoms. The lowest BCUT2D eigenvalue weighted by molar-refractivity contribution is 0.361. The Morgan fingerprint density at radius 2 is 1.45 bits per heavy atom. The quantitative estimate of drug-likeness (QED) is 0.576. The third-order valence-corrected chi connectivity index (χ3v) is 5.03. The summed E-state index contributed by atoms with van der Waals surface area (Å²) in [6.07, 6.45) is 5.13. The minimum Gasteiger partial charge on any atom is -0.253 e. The summed E-state index contributed by atoms with van der Waals surface area (Å²) < 4.78 is 30.2. The van der Waals surface area contributed by atoms with Crippen LogP contribution in [0.4, 0.5) is 0 Å². The fourth-order valence-corrected chi connectivity index (χ4v) is 3.86. The summed E-state index contributed by atoms with van der Waals surface area (Å²) in [5, 5.41) is 0. The Morgan fingerprint density at radius 1 is 1.00 bits per heavy atom. The highest BCUT2D eigenvalue weighted by atomic mass is 32.2. The minimum atomic E-state index is -3.86. The van der Waals surface area contributed by atoms with Gasteiger partial charge in [-0.15, -0.1) is 6.42 Å². The molecule has 0 saturated carbocycles. The molecule has 0 atom stereocenters. The molecule has 0 aliphatic rings. The lowest BCUT2D eigenvalue weighted by Gasteiger charge is -2.22. The molecule has 0 amide bonds. The standard InChI is InChI=1S/C18H26O3S/c1-8-9-21-22(19,20)18-16(13(4)5)10-15(12(2)3)11-17(18)14(6)7/h1,10-14H,9H2,2-7H3. The molecule has 0 aromatic heterocycles. The molecule has 0 aliphatic carbocycles. The zero-order valence-corrected chi connectivity index (χ0v) is 15.1. The summed E-state index contributed by atoms with van der Waals surface area (Å²) in [6.45, 7) is 11.9. The van der Waals surface area contributed by atoms with Crippen LogP contribution in [0.1, 0.15) is 76.0 Å². The summed E-state index contributed by atoms with van der Waals surface area (Å²) >= 11 is 0. The minimum absolute atomic E-state index is 0.0791. The van der Waals surface area contributed by atoms with Gasteiger partial charge in [0.25, 0.3) is 10.1 Å². The lowest BCUT2D eigenvalue weighted by Crippen LogP contribution is -2.15. The monoisotopic (exact) mass is 322 g/mol. The van der Waals surface area contributed by atoms with Gasteiger partial charge in [-0.1, -0.05) is 59.6 Å². The molecule has 0 bridgehead atoms. The molecule has 0 aliphatic heterocycles. The summed E-state index contributed by atoms with van der Waals surface area (Å²) in [6, 6.07) is 3.96. The van der Waals surface area contributed by atoms with Gasteiger partial charge >= 0.3 is 0 Å². The molecule has 1 aromatic carbocycles. The third-order valence-electron chi connectivity index (χ3n) is 3.63. The van der Waals surface area contributed by atoms with Crippen molar-refractivity contribution in [1.29, 1.82) is 0 Å². The first-order valence-electron chi connectivity index (χ1n) is 7.62. The molecule has 1 rings (SSSR count). The Bertz CT molecular complexity index is 633. The van der Waals surface area contributed by atoms with Gasteiger partial charge in [-0.25, -0.2) is 0 Å². The van der Waals surface area contributed by atoms with Gasteiger partial charge in [0.1, 0.15) is 11.5 Å². The van der Waals surface area contributed by atoms with Gasteiger partial charge in [-0.05, 0) is 34.4 Å². The molecule has 22 heavy (non-hydrogen) atoms. The van der Waals surface area contributed by atoms with Crippen LogP contribution in [0.3, 0.4) is 0 Å². The van der Waals surface area contributed by atoms with E-state index in [0.717, 1.165) is 16.7 Å². The Morgan fingerprint density at radius 3 is 1.77 bits per heavy atom. The van der Waals surface area contributed by atoms with Crippen molar-refractivity contribution in [3.05, 3.63) is 28.8 Å². The molecule has 4 heteroatoms. The molecule has 0 saturated heterocycles. The van der Waals surface area contributed by atoms with Gasteiger partial charge in [-0.3, -0.25) is 4.18 Å². The van der Waals surface area contributed by atoms with Crippen molar-refractivity contribution < 1.29 is 12.6 Å². The van der Waals surface area contributed by atoms with Crippen LogP contribution in [0.25, 0.3) is 0 Å². The van der Waals surface area contributed by atoms with Crippen molar-refractivity contribution >= 4 is 10.1 Å². The number of hydrogen-bond donors (Lipinski definition) is 0. The predicted octanol–water partition coefficient (Wildman–Crippen LogP) is 4.40. The van der Waals surface area contributed by atoms with Gasteiger partial charge in [0, 0.05) is 0 Å². The van der Waals surface area contributed by atoms with Crippen molar-refractivity contribution in [2.45, 2.75) is 64.2 Å². The maximum Gasteiger partial charge on any atom is 0.298 e. The third kappa shape index (κ3) is 4.12. The van der Waals surface area contributed by atoms with Crippen LogP contribution in [0.15, 0.2) is 17.0 Å². The van der Waals surface area contributed by atoms with E-state index in [4.69, 9.17) is 10.6 Å². The Labute approximate surface area is 135 Å². The highest BCUT2D eigenvalue weighted by molar-refractivity contribution is 7.86. The van der Waals surface area contributed by atoms with Crippen LogP contribution in [0, 0.1) is 12.3 Å². The van der Waals surface area contributed by atoms with Crippen molar-refractivity contribution in [2.24, 2.45) is 0 Å². The van der Waals surface area contributed by atoms with E-state index in [1.165, 1.54) is 0 Å². The highest BCUT2D eigenvalue weighted by Gasteiger charge is 2.27. The van der Waals surface area contributed by atoms with Gasteiger partial charge in [0.05, 0.1) is 0 Å². The van der Waals surface area contributed by atoms with E-state index in [1.54, 1.807) is 0 Å². The first kappa shape index (κ1) is 18.7. The zero-order chi connectivity index (χ0) is 17.1. The molecule has 3 nitrogen and oxygen atoms in total. The summed E-state index contributed by atoms with van der Waals surface area (Å²) in [5.74, 6) is 2.71. The van der Waals surface area contributed by atoms with Crippen molar-refractivity contribution in [2.75, 3.05) is 6.61 Å². The van der Waals surface area contributed by atoms with E-state index in [-0.39, 0.29) is 23.3 Å². The topological polar surface area (TPSA) is 43.4 Å². The molecule has 0 heterocycles. The molecule has 0 radical (unpaired) electrons. The number of hydrogen-bond acceptors (Lipinski definition) is 3. The van der Waals surface area contributed by atoms with E-state index in [1.807, 2.05) is 39.8 Å². The molecular weight excluding hydrogens is 296 g/mol. The Kier molecular flexibility index (Phi) is 6.22. The predicted molar refractivity (Wildman–Crippen MR) is 90.7 cm³/mol. The van der Waals surface area contributed by atoms with E-state index in [2.05, 4.69) is 19.8 Å². The first-order valence-corrected chi connectivity index (χ1v) is 9.03. The van der Waals surface area contributed by atoms with Crippen molar-refractivity contribution in [3.63, 3.8) is 0 Å². The van der Waals surface area contributed by atoms with Crippen LogP contribution in [0.2, 0.25) is 0 Å². The van der Waals surface area contributed by atoms with Gasteiger partial charge < -0.3 is 0 Å². The maximum absolute atomic E-state index is 12.6. The van der Waals surface area contributed by atoms with Gasteiger partial charge in [-0.2, -0.15) is 8.42 Å². The van der Waals surface area contributed by atoms with Crippen LogP contribution < -0.4 is 0 Å². The molecular formula is C18H26O3S. The summed E-state index contributed by atoms with van der Waals surface area (Å²) in [7, 11) is -3.86. The normalized spacial score (nSPS) is 12.2. The molecule has 0 unspecified atom stereocenters. The second-order valence-corrected chi connectivity index (χ2v) is 7.97. The van der Waals surface area contributed by atoms with Crippen LogP contribution in [-0.2, 0) is 14.3 Å². The maximum atomic E-state index is 12.6. The Hall–Kier alpha value is -1.31. The summed E-state index contributed by atoms with van der Waals surface area (Å²) in [5.41, 5.74) is 2.74. The largest absolute Gasteiger partial charge is 0.298 e. The average Bonchev–Trinajstić information content (AvgIpc) is 2.43. The molecule has 0 N–H and O–H groups in total. The van der Waals surface area contributed by atoms with Gasteiger partial charge in [0.2, 0.25) is 0 Å². The van der Waals surface area contributed by atoms with E-state index in [9.17, 15) is 8.42 Å². The summed E-state index contributed by atoms with van der Waals surface area (Å²) in [4.78, 5) is 0.289. The Balaban J connectivity index is 3.70. The SMILES string of the molecule is C#CCOS(=O)(=O)c1c(C(C)C)cc(C(C)C)cc1C(C)C. The second kappa shape index (κ2) is 7.30. The molecule has 0 fully saturated rings. The zero-order valence-electron chi connectivity index (χ0n) is 14.3. The number of rotatable bonds is 6. The highest BCUT2D eigenvalue weighted by Crippen LogP contribution is 2.35. The van der Waals surface area contributed by atoms with Crippen molar-refractivity contribution in [1.82, 2.24) is 0 Å². The van der Waals surface area contributed by atoms with E-state index < -0.39 is 10.1 Å². The number of benzene rings is 1. The fraction of sp³-hybridized carbons (Fsp3) is 0.556. The van der Waals surface area contributed by atoms with E-state index >= 15 is 0 Å². The molecule has 1 aromatic rings. The van der Waals surface area contributed by atoms with Crippen LogP contribution in [0.5, 0.6) is 0 Å². The second-order valence-electron chi connectivity index (χ2n) is 6.41.